The van der Waals surface area contributed by atoms with Gasteiger partial charge in [-0.15, -0.1) is 0 Å². The van der Waals surface area contributed by atoms with Gasteiger partial charge in [0.15, 0.2) is 11.5 Å². The van der Waals surface area contributed by atoms with E-state index in [1.165, 1.54) is 11.1 Å². The van der Waals surface area contributed by atoms with Gasteiger partial charge in [-0.3, -0.25) is 0 Å². The summed E-state index contributed by atoms with van der Waals surface area (Å²) in [5.41, 5.74) is 3.65. The maximum absolute atomic E-state index is 5.68. The molecule has 0 spiro atoms. The molecule has 0 aliphatic rings. The first kappa shape index (κ1) is 16.2. The first-order valence-electron chi connectivity index (χ1n) is 7.89. The number of ether oxygens (including phenoxy) is 2. The molecule has 0 atom stereocenters. The standard InChI is InChI=1S/C19H25NO2/c1-4-12-22-18-11-8-16(13-19(18)21-3)14-20-17-9-6-15(5-2)7-10-17/h6-11,13,20H,4-5,12,14H2,1-3H3. The summed E-state index contributed by atoms with van der Waals surface area (Å²) in [6, 6.07) is 14.6. The Morgan fingerprint density at radius 2 is 1.64 bits per heavy atom. The van der Waals surface area contributed by atoms with E-state index in [9.17, 15) is 0 Å². The van der Waals surface area contributed by atoms with Crippen molar-refractivity contribution in [1.29, 1.82) is 0 Å². The summed E-state index contributed by atoms with van der Waals surface area (Å²) in [6.07, 6.45) is 2.05. The topological polar surface area (TPSA) is 30.5 Å². The summed E-state index contributed by atoms with van der Waals surface area (Å²) in [4.78, 5) is 0. The van der Waals surface area contributed by atoms with Crippen LogP contribution in [0.4, 0.5) is 5.69 Å². The Hall–Kier alpha value is -2.16. The molecule has 0 heterocycles. The normalized spacial score (nSPS) is 10.3. The van der Waals surface area contributed by atoms with Crippen LogP contribution in [0.1, 0.15) is 31.4 Å². The van der Waals surface area contributed by atoms with E-state index in [0.29, 0.717) is 6.61 Å². The molecule has 2 aromatic rings. The molecule has 0 bridgehead atoms. The second kappa shape index (κ2) is 8.32. The third-order valence-electron chi connectivity index (χ3n) is 3.55. The Morgan fingerprint density at radius 3 is 2.27 bits per heavy atom. The van der Waals surface area contributed by atoms with E-state index in [0.717, 1.165) is 36.6 Å². The minimum Gasteiger partial charge on any atom is -0.493 e. The Morgan fingerprint density at radius 1 is 0.909 bits per heavy atom. The van der Waals surface area contributed by atoms with Crippen molar-refractivity contribution in [1.82, 2.24) is 0 Å². The average molecular weight is 299 g/mol. The molecule has 0 radical (unpaired) electrons. The zero-order chi connectivity index (χ0) is 15.8. The SMILES string of the molecule is CCCOc1ccc(CNc2ccc(CC)cc2)cc1OC. The van der Waals surface area contributed by atoms with Gasteiger partial charge in [-0.25, -0.2) is 0 Å². The summed E-state index contributed by atoms with van der Waals surface area (Å²) in [6.45, 7) is 5.72. The van der Waals surface area contributed by atoms with E-state index in [2.05, 4.69) is 49.5 Å². The van der Waals surface area contributed by atoms with Crippen molar-refractivity contribution < 1.29 is 9.47 Å². The highest BCUT2D eigenvalue weighted by atomic mass is 16.5. The van der Waals surface area contributed by atoms with Crippen molar-refractivity contribution >= 4 is 5.69 Å². The van der Waals surface area contributed by atoms with Gasteiger partial charge in [0, 0.05) is 12.2 Å². The molecular formula is C19H25NO2. The van der Waals surface area contributed by atoms with Crippen molar-refractivity contribution in [2.45, 2.75) is 33.2 Å². The van der Waals surface area contributed by atoms with Gasteiger partial charge in [-0.2, -0.15) is 0 Å². The molecule has 3 nitrogen and oxygen atoms in total. The number of anilines is 1. The molecule has 0 saturated carbocycles. The molecule has 0 unspecified atom stereocenters. The lowest BCUT2D eigenvalue weighted by molar-refractivity contribution is 0.294. The highest BCUT2D eigenvalue weighted by Gasteiger charge is 2.05. The Labute approximate surface area is 133 Å². The van der Waals surface area contributed by atoms with Gasteiger partial charge in [0.05, 0.1) is 13.7 Å². The number of hydrogen-bond donors (Lipinski definition) is 1. The molecule has 3 heteroatoms. The average Bonchev–Trinajstić information content (AvgIpc) is 2.58. The van der Waals surface area contributed by atoms with Crippen molar-refractivity contribution in [2.75, 3.05) is 19.0 Å². The van der Waals surface area contributed by atoms with Gasteiger partial charge >= 0.3 is 0 Å². The smallest absolute Gasteiger partial charge is 0.161 e. The van der Waals surface area contributed by atoms with E-state index >= 15 is 0 Å². The van der Waals surface area contributed by atoms with Crippen LogP contribution in [0.5, 0.6) is 11.5 Å². The zero-order valence-corrected chi connectivity index (χ0v) is 13.7. The largest absolute Gasteiger partial charge is 0.493 e. The van der Waals surface area contributed by atoms with Gasteiger partial charge in [0.25, 0.3) is 0 Å². The lowest BCUT2D eigenvalue weighted by Gasteiger charge is -2.12. The molecule has 118 valence electrons. The number of benzene rings is 2. The third kappa shape index (κ3) is 4.42. The van der Waals surface area contributed by atoms with Crippen LogP contribution in [-0.2, 0) is 13.0 Å². The first-order valence-corrected chi connectivity index (χ1v) is 7.89. The second-order valence-corrected chi connectivity index (χ2v) is 5.24. The summed E-state index contributed by atoms with van der Waals surface area (Å²) in [5.74, 6) is 1.59. The molecule has 0 saturated heterocycles. The fraction of sp³-hybridized carbons (Fsp3) is 0.368. The third-order valence-corrected chi connectivity index (χ3v) is 3.55. The van der Waals surface area contributed by atoms with Gasteiger partial charge in [-0.05, 0) is 48.2 Å². The molecule has 0 aliphatic carbocycles. The lowest BCUT2D eigenvalue weighted by atomic mass is 10.1. The molecule has 1 N–H and O–H groups in total. The maximum atomic E-state index is 5.68. The predicted molar refractivity (Wildman–Crippen MR) is 91.9 cm³/mol. The Kier molecular flexibility index (Phi) is 6.13. The summed E-state index contributed by atoms with van der Waals surface area (Å²) in [7, 11) is 1.68. The molecule has 2 aromatic carbocycles. The minimum absolute atomic E-state index is 0.706. The number of aryl methyl sites for hydroxylation is 1. The maximum Gasteiger partial charge on any atom is 0.161 e. The number of methoxy groups -OCH3 is 1. The molecule has 0 aromatic heterocycles. The fourth-order valence-electron chi connectivity index (χ4n) is 2.22. The summed E-state index contributed by atoms with van der Waals surface area (Å²) in [5, 5.41) is 3.43. The summed E-state index contributed by atoms with van der Waals surface area (Å²) < 4.78 is 11.1. The van der Waals surface area contributed by atoms with Crippen molar-refractivity contribution in [2.24, 2.45) is 0 Å². The molecule has 2 rings (SSSR count). The van der Waals surface area contributed by atoms with E-state index in [4.69, 9.17) is 9.47 Å². The first-order chi connectivity index (χ1) is 10.8. The van der Waals surface area contributed by atoms with Crippen molar-refractivity contribution in [3.05, 3.63) is 53.6 Å². The molecule has 22 heavy (non-hydrogen) atoms. The van der Waals surface area contributed by atoms with Crippen LogP contribution in [-0.4, -0.2) is 13.7 Å². The van der Waals surface area contributed by atoms with E-state index in [1.807, 2.05) is 12.1 Å². The zero-order valence-electron chi connectivity index (χ0n) is 13.7. The van der Waals surface area contributed by atoms with Crippen LogP contribution < -0.4 is 14.8 Å². The predicted octanol–water partition coefficient (Wildman–Crippen LogP) is 4.66. The minimum atomic E-state index is 0.706. The van der Waals surface area contributed by atoms with Crippen LogP contribution >= 0.6 is 0 Å². The van der Waals surface area contributed by atoms with Crippen LogP contribution in [0.25, 0.3) is 0 Å². The quantitative estimate of drug-likeness (QED) is 0.769. The van der Waals surface area contributed by atoms with Gasteiger partial charge < -0.3 is 14.8 Å². The van der Waals surface area contributed by atoms with Crippen LogP contribution in [0.3, 0.4) is 0 Å². The molecular weight excluding hydrogens is 274 g/mol. The van der Waals surface area contributed by atoms with Gasteiger partial charge in [0.2, 0.25) is 0 Å². The highest BCUT2D eigenvalue weighted by Crippen LogP contribution is 2.28. The van der Waals surface area contributed by atoms with Crippen LogP contribution in [0, 0.1) is 0 Å². The van der Waals surface area contributed by atoms with Gasteiger partial charge in [0.1, 0.15) is 0 Å². The number of nitrogens with one attached hydrogen (secondary N) is 1. The highest BCUT2D eigenvalue weighted by molar-refractivity contribution is 5.47. The van der Waals surface area contributed by atoms with E-state index in [1.54, 1.807) is 7.11 Å². The summed E-state index contributed by atoms with van der Waals surface area (Å²) >= 11 is 0. The van der Waals surface area contributed by atoms with E-state index < -0.39 is 0 Å². The Bertz CT molecular complexity index is 578. The fourth-order valence-corrected chi connectivity index (χ4v) is 2.22. The number of rotatable bonds is 8. The molecule has 0 aliphatic heterocycles. The van der Waals surface area contributed by atoms with Crippen molar-refractivity contribution in [3.63, 3.8) is 0 Å². The molecule has 0 fully saturated rings. The van der Waals surface area contributed by atoms with Gasteiger partial charge in [-0.1, -0.05) is 32.0 Å². The second-order valence-electron chi connectivity index (χ2n) is 5.24. The van der Waals surface area contributed by atoms with E-state index in [-0.39, 0.29) is 0 Å². The monoisotopic (exact) mass is 299 g/mol. The van der Waals surface area contributed by atoms with Crippen molar-refractivity contribution in [3.8, 4) is 11.5 Å². The number of hydrogen-bond acceptors (Lipinski definition) is 3. The van der Waals surface area contributed by atoms with Crippen LogP contribution in [0.2, 0.25) is 0 Å². The molecule has 0 amide bonds. The Balaban J connectivity index is 1.99. The van der Waals surface area contributed by atoms with Crippen LogP contribution in [0.15, 0.2) is 42.5 Å². The lowest BCUT2D eigenvalue weighted by Crippen LogP contribution is -2.02.